The van der Waals surface area contributed by atoms with E-state index in [1.54, 1.807) is 30.7 Å². The molecule has 1 saturated heterocycles. The standard InChI is InChI=1S/C18H22N2O5S2/c1-24-15-8-3-6-13(17(15)25-2)12-19-18(21)14-7-4-10-20(14)27(22,23)16-9-5-11-26-16/h3,5-6,8-9,11,14H,4,7,10,12H2,1-2H3,(H,19,21)/t14-/m0/s1. The monoisotopic (exact) mass is 410 g/mol. The highest BCUT2D eigenvalue weighted by Gasteiger charge is 2.39. The molecule has 0 spiro atoms. The summed E-state index contributed by atoms with van der Waals surface area (Å²) in [4.78, 5) is 12.7. The number of thiophene rings is 1. The van der Waals surface area contributed by atoms with E-state index in [0.29, 0.717) is 30.9 Å². The van der Waals surface area contributed by atoms with Crippen LogP contribution in [0.5, 0.6) is 11.5 Å². The maximum atomic E-state index is 12.8. The lowest BCUT2D eigenvalue weighted by Gasteiger charge is -2.23. The van der Waals surface area contributed by atoms with Crippen molar-refractivity contribution in [2.24, 2.45) is 0 Å². The van der Waals surface area contributed by atoms with Gasteiger partial charge >= 0.3 is 0 Å². The molecule has 0 unspecified atom stereocenters. The number of rotatable bonds is 7. The Morgan fingerprint density at radius 2 is 2.07 bits per heavy atom. The van der Waals surface area contributed by atoms with Crippen LogP contribution in [-0.4, -0.2) is 45.4 Å². The van der Waals surface area contributed by atoms with E-state index in [2.05, 4.69) is 5.32 Å². The first kappa shape index (κ1) is 19.7. The smallest absolute Gasteiger partial charge is 0.253 e. The minimum absolute atomic E-state index is 0.225. The molecular weight excluding hydrogens is 388 g/mol. The van der Waals surface area contributed by atoms with Gasteiger partial charge in [-0.1, -0.05) is 18.2 Å². The minimum atomic E-state index is -3.65. The molecule has 1 atom stereocenters. The Morgan fingerprint density at radius 3 is 2.74 bits per heavy atom. The van der Waals surface area contributed by atoms with Crippen molar-refractivity contribution in [2.75, 3.05) is 20.8 Å². The summed E-state index contributed by atoms with van der Waals surface area (Å²) < 4.78 is 37.8. The van der Waals surface area contributed by atoms with Crippen LogP contribution in [0.25, 0.3) is 0 Å². The summed E-state index contributed by atoms with van der Waals surface area (Å²) >= 11 is 1.16. The maximum absolute atomic E-state index is 12.8. The second kappa shape index (κ2) is 8.28. The third-order valence-corrected chi connectivity index (χ3v) is 7.78. The molecule has 1 N–H and O–H groups in total. The first-order valence-electron chi connectivity index (χ1n) is 8.52. The normalized spacial score (nSPS) is 17.6. The molecule has 27 heavy (non-hydrogen) atoms. The number of ether oxygens (including phenoxy) is 2. The predicted molar refractivity (Wildman–Crippen MR) is 103 cm³/mol. The van der Waals surface area contributed by atoms with Gasteiger partial charge in [0.15, 0.2) is 11.5 Å². The van der Waals surface area contributed by atoms with Crippen LogP contribution in [0.1, 0.15) is 18.4 Å². The molecule has 1 aliphatic heterocycles. The van der Waals surface area contributed by atoms with E-state index in [1.807, 2.05) is 12.1 Å². The van der Waals surface area contributed by atoms with Crippen LogP contribution in [-0.2, 0) is 21.4 Å². The van der Waals surface area contributed by atoms with Gasteiger partial charge in [0.2, 0.25) is 5.91 Å². The van der Waals surface area contributed by atoms with Gasteiger partial charge in [0.1, 0.15) is 10.3 Å². The number of methoxy groups -OCH3 is 2. The zero-order valence-corrected chi connectivity index (χ0v) is 16.8. The molecule has 2 heterocycles. The Kier molecular flexibility index (Phi) is 6.03. The Morgan fingerprint density at radius 1 is 1.26 bits per heavy atom. The van der Waals surface area contributed by atoms with Gasteiger partial charge < -0.3 is 14.8 Å². The summed E-state index contributed by atoms with van der Waals surface area (Å²) in [6.07, 6.45) is 1.16. The highest BCUT2D eigenvalue weighted by molar-refractivity contribution is 7.91. The number of nitrogens with one attached hydrogen (secondary N) is 1. The van der Waals surface area contributed by atoms with Gasteiger partial charge in [0.25, 0.3) is 10.0 Å². The van der Waals surface area contributed by atoms with Crippen molar-refractivity contribution in [1.82, 2.24) is 9.62 Å². The van der Waals surface area contributed by atoms with E-state index in [9.17, 15) is 13.2 Å². The molecule has 1 amide bonds. The van der Waals surface area contributed by atoms with Gasteiger partial charge in [-0.15, -0.1) is 11.3 Å². The second-order valence-corrected chi connectivity index (χ2v) is 9.14. The number of nitrogens with zero attached hydrogens (tertiary/aromatic N) is 1. The predicted octanol–water partition coefficient (Wildman–Crippen LogP) is 2.23. The molecule has 1 fully saturated rings. The van der Waals surface area contributed by atoms with Crippen LogP contribution in [0.3, 0.4) is 0 Å². The molecule has 0 saturated carbocycles. The Hall–Kier alpha value is -2.10. The van der Waals surface area contributed by atoms with Crippen molar-refractivity contribution in [1.29, 1.82) is 0 Å². The molecular formula is C18H22N2O5S2. The topological polar surface area (TPSA) is 84.9 Å². The Bertz CT molecular complexity index is 896. The number of sulfonamides is 1. The van der Waals surface area contributed by atoms with E-state index in [1.165, 1.54) is 11.4 Å². The fraction of sp³-hybridized carbons (Fsp3) is 0.389. The lowest BCUT2D eigenvalue weighted by atomic mass is 10.1. The molecule has 9 heteroatoms. The summed E-state index contributed by atoms with van der Waals surface area (Å²) in [5.74, 6) is 0.819. The van der Waals surface area contributed by atoms with E-state index < -0.39 is 16.1 Å². The highest BCUT2D eigenvalue weighted by Crippen LogP contribution is 2.31. The van der Waals surface area contributed by atoms with Crippen molar-refractivity contribution in [3.63, 3.8) is 0 Å². The first-order chi connectivity index (χ1) is 13.0. The molecule has 0 bridgehead atoms. The summed E-state index contributed by atoms with van der Waals surface area (Å²) in [5, 5.41) is 4.55. The molecule has 2 aromatic rings. The van der Waals surface area contributed by atoms with Crippen molar-refractivity contribution < 1.29 is 22.7 Å². The highest BCUT2D eigenvalue weighted by atomic mass is 32.2. The van der Waals surface area contributed by atoms with Gasteiger partial charge in [-0.3, -0.25) is 4.79 Å². The fourth-order valence-corrected chi connectivity index (χ4v) is 5.98. The lowest BCUT2D eigenvalue weighted by Crippen LogP contribution is -2.45. The van der Waals surface area contributed by atoms with Crippen molar-refractivity contribution in [3.05, 3.63) is 41.3 Å². The number of carbonyl (C=O) groups excluding carboxylic acids is 1. The number of amides is 1. The van der Waals surface area contributed by atoms with E-state index >= 15 is 0 Å². The molecule has 0 aliphatic carbocycles. The van der Waals surface area contributed by atoms with Crippen LogP contribution in [0.15, 0.2) is 39.9 Å². The van der Waals surface area contributed by atoms with Gasteiger partial charge in [0, 0.05) is 18.7 Å². The fourth-order valence-electron chi connectivity index (χ4n) is 3.21. The number of hydrogen-bond acceptors (Lipinski definition) is 6. The zero-order valence-electron chi connectivity index (χ0n) is 15.2. The number of hydrogen-bond donors (Lipinski definition) is 1. The Balaban J connectivity index is 1.73. The molecule has 0 radical (unpaired) electrons. The number of carbonyl (C=O) groups is 1. The molecule has 3 rings (SSSR count). The summed E-state index contributed by atoms with van der Waals surface area (Å²) in [6, 6.07) is 7.97. The SMILES string of the molecule is COc1cccc(CNC(=O)[C@@H]2CCCN2S(=O)(=O)c2cccs2)c1OC. The number of benzene rings is 1. The summed E-state index contributed by atoms with van der Waals surface area (Å²) in [5.41, 5.74) is 0.760. The van der Waals surface area contributed by atoms with Crippen molar-refractivity contribution >= 4 is 27.3 Å². The molecule has 1 aromatic carbocycles. The number of para-hydroxylation sites is 1. The van der Waals surface area contributed by atoms with Gasteiger partial charge in [-0.05, 0) is 30.4 Å². The summed E-state index contributed by atoms with van der Waals surface area (Å²) in [7, 11) is -0.565. The third kappa shape index (κ3) is 3.95. The second-order valence-electron chi connectivity index (χ2n) is 6.08. The largest absolute Gasteiger partial charge is 0.493 e. The third-order valence-electron chi connectivity index (χ3n) is 4.50. The minimum Gasteiger partial charge on any atom is -0.493 e. The molecule has 1 aliphatic rings. The first-order valence-corrected chi connectivity index (χ1v) is 10.8. The lowest BCUT2D eigenvalue weighted by molar-refractivity contribution is -0.124. The van der Waals surface area contributed by atoms with Crippen LogP contribution in [0, 0.1) is 0 Å². The van der Waals surface area contributed by atoms with Crippen molar-refractivity contribution in [3.8, 4) is 11.5 Å². The maximum Gasteiger partial charge on any atom is 0.253 e. The van der Waals surface area contributed by atoms with Gasteiger partial charge in [-0.2, -0.15) is 4.31 Å². The summed E-state index contributed by atoms with van der Waals surface area (Å²) in [6.45, 7) is 0.573. The van der Waals surface area contributed by atoms with E-state index in [-0.39, 0.29) is 16.7 Å². The van der Waals surface area contributed by atoms with Crippen LogP contribution in [0.2, 0.25) is 0 Å². The van der Waals surface area contributed by atoms with Crippen LogP contribution in [0.4, 0.5) is 0 Å². The van der Waals surface area contributed by atoms with E-state index in [0.717, 1.165) is 16.9 Å². The average molecular weight is 411 g/mol. The molecule has 7 nitrogen and oxygen atoms in total. The quantitative estimate of drug-likeness (QED) is 0.757. The van der Waals surface area contributed by atoms with E-state index in [4.69, 9.17) is 9.47 Å². The van der Waals surface area contributed by atoms with Gasteiger partial charge in [-0.25, -0.2) is 8.42 Å². The zero-order chi connectivity index (χ0) is 19.4. The molecule has 1 aromatic heterocycles. The molecule has 146 valence electrons. The van der Waals surface area contributed by atoms with Crippen LogP contribution < -0.4 is 14.8 Å². The van der Waals surface area contributed by atoms with Crippen molar-refractivity contribution in [2.45, 2.75) is 29.6 Å². The van der Waals surface area contributed by atoms with Crippen LogP contribution >= 0.6 is 11.3 Å². The Labute approximate surface area is 163 Å². The van der Waals surface area contributed by atoms with Gasteiger partial charge in [0.05, 0.1) is 14.2 Å². The average Bonchev–Trinajstić information content (AvgIpc) is 3.37.